The van der Waals surface area contributed by atoms with Crippen LogP contribution in [0, 0.1) is 24.2 Å². The van der Waals surface area contributed by atoms with E-state index in [1.165, 1.54) is 16.7 Å². The van der Waals surface area contributed by atoms with Crippen molar-refractivity contribution in [3.8, 4) is 6.07 Å². The number of piperidine rings is 1. The standard InChI is InChI=1S/C21H26N2O.C14H11ClN2/c1-16-5-3-6-17(15-16)8-9-18-7-4-12-22-20(18)21(24)19-10-13-23(2)14-11-19;15-13-5-1-3-11(9-13)6-7-12-4-2-8-17-14(12)10-16/h3-7,12,15,19H,8-11,13-14H2,1-2H3;1-5,8-9H,6-7H2. The van der Waals surface area contributed by atoms with Crippen LogP contribution in [0.4, 0.5) is 0 Å². The number of carbonyl (C=O) groups excluding carboxylic acids is 1. The van der Waals surface area contributed by atoms with Gasteiger partial charge in [-0.05, 0) is 112 Å². The van der Waals surface area contributed by atoms with E-state index in [9.17, 15) is 4.79 Å². The largest absolute Gasteiger partial charge is 0.306 e. The van der Waals surface area contributed by atoms with E-state index in [0.29, 0.717) is 11.4 Å². The van der Waals surface area contributed by atoms with Crippen LogP contribution >= 0.6 is 11.6 Å². The zero-order chi connectivity index (χ0) is 29.0. The third-order valence-electron chi connectivity index (χ3n) is 7.55. The first kappa shape index (κ1) is 30.1. The average Bonchev–Trinajstić information content (AvgIpc) is 3.00. The number of Topliss-reactive ketones (excluding diaryl/α,β-unsaturated/α-hetero) is 1. The molecule has 4 aromatic rings. The second-order valence-electron chi connectivity index (χ2n) is 10.7. The molecule has 2 aromatic heterocycles. The minimum absolute atomic E-state index is 0.133. The Labute approximate surface area is 248 Å². The molecule has 0 radical (unpaired) electrons. The fourth-order valence-electron chi connectivity index (χ4n) is 5.19. The van der Waals surface area contributed by atoms with E-state index in [2.05, 4.69) is 65.2 Å². The fourth-order valence-corrected chi connectivity index (χ4v) is 5.40. The molecule has 0 spiro atoms. The average molecular weight is 565 g/mol. The summed E-state index contributed by atoms with van der Waals surface area (Å²) in [6, 6.07) is 26.3. The van der Waals surface area contributed by atoms with Gasteiger partial charge < -0.3 is 4.90 Å². The number of pyridine rings is 2. The van der Waals surface area contributed by atoms with E-state index in [0.717, 1.165) is 67.8 Å². The summed E-state index contributed by atoms with van der Waals surface area (Å²) in [7, 11) is 2.12. The van der Waals surface area contributed by atoms with Gasteiger partial charge >= 0.3 is 0 Å². The Hall–Kier alpha value is -3.85. The van der Waals surface area contributed by atoms with Gasteiger partial charge in [-0.3, -0.25) is 9.78 Å². The molecular weight excluding hydrogens is 528 g/mol. The lowest BCUT2D eigenvalue weighted by molar-refractivity contribution is 0.0850. The molecule has 41 heavy (non-hydrogen) atoms. The highest BCUT2D eigenvalue weighted by Gasteiger charge is 2.26. The lowest BCUT2D eigenvalue weighted by Crippen LogP contribution is -2.34. The molecule has 0 saturated carbocycles. The van der Waals surface area contributed by atoms with E-state index in [1.54, 1.807) is 12.4 Å². The molecular formula is C35H37ClN4O. The summed E-state index contributed by atoms with van der Waals surface area (Å²) in [5.41, 5.74) is 7.04. The number of carbonyl (C=O) groups is 1. The smallest absolute Gasteiger partial charge is 0.184 e. The maximum atomic E-state index is 12.9. The van der Waals surface area contributed by atoms with Crippen molar-refractivity contribution in [2.75, 3.05) is 20.1 Å². The summed E-state index contributed by atoms with van der Waals surface area (Å²) in [6.45, 7) is 4.12. The number of rotatable bonds is 8. The molecule has 0 atom stereocenters. The molecule has 0 N–H and O–H groups in total. The predicted octanol–water partition coefficient (Wildman–Crippen LogP) is 7.09. The van der Waals surface area contributed by atoms with Crippen molar-refractivity contribution in [3.05, 3.63) is 129 Å². The highest BCUT2D eigenvalue weighted by Crippen LogP contribution is 2.23. The van der Waals surface area contributed by atoms with Crippen molar-refractivity contribution in [2.45, 2.75) is 45.4 Å². The number of aryl methyl sites for hydroxylation is 5. The number of hydrogen-bond donors (Lipinski definition) is 0. The molecule has 1 fully saturated rings. The first-order chi connectivity index (χ1) is 19.9. The Morgan fingerprint density at radius 2 is 1.51 bits per heavy atom. The highest BCUT2D eigenvalue weighted by molar-refractivity contribution is 6.30. The molecule has 0 bridgehead atoms. The molecule has 1 saturated heterocycles. The van der Waals surface area contributed by atoms with E-state index in [-0.39, 0.29) is 11.7 Å². The summed E-state index contributed by atoms with van der Waals surface area (Å²) in [5.74, 6) is 0.372. The third kappa shape index (κ3) is 9.08. The van der Waals surface area contributed by atoms with E-state index in [1.807, 2.05) is 42.5 Å². The number of ketones is 1. The van der Waals surface area contributed by atoms with Gasteiger partial charge in [0, 0.05) is 23.3 Å². The van der Waals surface area contributed by atoms with Crippen LogP contribution in [0.25, 0.3) is 0 Å². The quantitative estimate of drug-likeness (QED) is 0.214. The first-order valence-corrected chi connectivity index (χ1v) is 14.6. The summed E-state index contributed by atoms with van der Waals surface area (Å²) < 4.78 is 0. The molecule has 6 heteroatoms. The van der Waals surface area contributed by atoms with Crippen molar-refractivity contribution in [1.82, 2.24) is 14.9 Å². The summed E-state index contributed by atoms with van der Waals surface area (Å²) in [5, 5.41) is 9.67. The van der Waals surface area contributed by atoms with Crippen molar-refractivity contribution >= 4 is 17.4 Å². The van der Waals surface area contributed by atoms with Gasteiger partial charge in [-0.1, -0.05) is 65.7 Å². The Bertz CT molecular complexity index is 1490. The third-order valence-corrected chi connectivity index (χ3v) is 7.78. The Morgan fingerprint density at radius 3 is 2.20 bits per heavy atom. The van der Waals surface area contributed by atoms with E-state index < -0.39 is 0 Å². The summed E-state index contributed by atoms with van der Waals surface area (Å²) in [6.07, 6.45) is 8.76. The zero-order valence-electron chi connectivity index (χ0n) is 23.9. The van der Waals surface area contributed by atoms with Crippen molar-refractivity contribution in [2.24, 2.45) is 5.92 Å². The molecule has 1 aliphatic heterocycles. The van der Waals surface area contributed by atoms with Crippen LogP contribution < -0.4 is 0 Å². The number of benzene rings is 2. The first-order valence-electron chi connectivity index (χ1n) is 14.2. The van der Waals surface area contributed by atoms with Gasteiger partial charge in [0.25, 0.3) is 0 Å². The molecule has 0 amide bonds. The Morgan fingerprint density at radius 1 is 0.878 bits per heavy atom. The van der Waals surface area contributed by atoms with Gasteiger partial charge in [-0.15, -0.1) is 0 Å². The van der Waals surface area contributed by atoms with Crippen molar-refractivity contribution in [3.63, 3.8) is 0 Å². The Kier molecular flexibility index (Phi) is 11.2. The van der Waals surface area contributed by atoms with Gasteiger partial charge in [0.05, 0.1) is 0 Å². The summed E-state index contributed by atoms with van der Waals surface area (Å²) >= 11 is 5.92. The normalized spacial score (nSPS) is 13.6. The SMILES string of the molecule is Cc1cccc(CCc2cccnc2C(=O)C2CCN(C)CC2)c1.N#Cc1ncccc1CCc1cccc(Cl)c1. The van der Waals surface area contributed by atoms with Crippen LogP contribution in [0.3, 0.4) is 0 Å². The topological polar surface area (TPSA) is 69.9 Å². The predicted molar refractivity (Wildman–Crippen MR) is 165 cm³/mol. The second kappa shape index (κ2) is 15.2. The monoisotopic (exact) mass is 564 g/mol. The van der Waals surface area contributed by atoms with Crippen LogP contribution in [0.1, 0.15) is 56.8 Å². The molecule has 1 aliphatic rings. The van der Waals surface area contributed by atoms with Crippen LogP contribution in [-0.2, 0) is 25.7 Å². The van der Waals surface area contributed by atoms with Crippen LogP contribution in [-0.4, -0.2) is 40.8 Å². The maximum Gasteiger partial charge on any atom is 0.184 e. The molecule has 5 rings (SSSR count). The molecule has 5 nitrogen and oxygen atoms in total. The van der Waals surface area contributed by atoms with Crippen molar-refractivity contribution in [1.29, 1.82) is 5.26 Å². The van der Waals surface area contributed by atoms with Gasteiger partial charge in [0.2, 0.25) is 0 Å². The zero-order valence-corrected chi connectivity index (χ0v) is 24.6. The minimum Gasteiger partial charge on any atom is -0.306 e. The van der Waals surface area contributed by atoms with Gasteiger partial charge in [0.15, 0.2) is 5.78 Å². The van der Waals surface area contributed by atoms with E-state index in [4.69, 9.17) is 16.9 Å². The number of likely N-dealkylation sites (tertiary alicyclic amines) is 1. The van der Waals surface area contributed by atoms with Crippen LogP contribution in [0.5, 0.6) is 0 Å². The molecule has 3 heterocycles. The molecule has 210 valence electrons. The van der Waals surface area contributed by atoms with Crippen LogP contribution in [0.2, 0.25) is 5.02 Å². The Balaban J connectivity index is 0.000000201. The van der Waals surface area contributed by atoms with Gasteiger partial charge in [-0.25, -0.2) is 4.98 Å². The lowest BCUT2D eigenvalue weighted by Gasteiger charge is -2.28. The highest BCUT2D eigenvalue weighted by atomic mass is 35.5. The number of nitriles is 1. The summed E-state index contributed by atoms with van der Waals surface area (Å²) in [4.78, 5) is 23.7. The van der Waals surface area contributed by atoms with Crippen LogP contribution in [0.15, 0.2) is 85.2 Å². The van der Waals surface area contributed by atoms with Crippen molar-refractivity contribution < 1.29 is 4.79 Å². The molecule has 0 unspecified atom stereocenters. The number of hydrogen-bond acceptors (Lipinski definition) is 5. The molecule has 2 aromatic carbocycles. The number of nitrogens with zero attached hydrogens (tertiary/aromatic N) is 4. The lowest BCUT2D eigenvalue weighted by atomic mass is 9.88. The maximum absolute atomic E-state index is 12.9. The van der Waals surface area contributed by atoms with Gasteiger partial charge in [0.1, 0.15) is 17.5 Å². The second-order valence-corrected chi connectivity index (χ2v) is 11.1. The number of aromatic nitrogens is 2. The van der Waals surface area contributed by atoms with Gasteiger partial charge in [-0.2, -0.15) is 5.26 Å². The van der Waals surface area contributed by atoms with E-state index >= 15 is 0 Å². The molecule has 0 aliphatic carbocycles. The number of halogens is 1. The minimum atomic E-state index is 0.133. The fraction of sp³-hybridized carbons (Fsp3) is 0.314.